The molecule has 0 aliphatic rings. The molecule has 0 spiro atoms. The Hall–Kier alpha value is -1.40. The molecule has 0 saturated carbocycles. The predicted octanol–water partition coefficient (Wildman–Crippen LogP) is 1.70. The average Bonchev–Trinajstić information content (AvgIpc) is 2.25. The number of carbonyl (C=O) groups is 2. The zero-order valence-corrected chi connectivity index (χ0v) is 11.0. The van der Waals surface area contributed by atoms with E-state index in [0.717, 1.165) is 18.9 Å². The van der Waals surface area contributed by atoms with Crippen LogP contribution in [0, 0.1) is 0 Å². The van der Waals surface area contributed by atoms with Crippen LogP contribution in [0.15, 0.2) is 12.2 Å². The van der Waals surface area contributed by atoms with Gasteiger partial charge < -0.3 is 9.84 Å². The van der Waals surface area contributed by atoms with Gasteiger partial charge in [-0.15, -0.1) is 0 Å². The van der Waals surface area contributed by atoms with Crippen LogP contribution in [-0.2, 0) is 24.1 Å². The Morgan fingerprint density at radius 2 is 1.89 bits per heavy atom. The molecule has 18 heavy (non-hydrogen) atoms. The summed E-state index contributed by atoms with van der Waals surface area (Å²) in [5, 5.41) is 8.27. The molecule has 0 unspecified atom stereocenters. The van der Waals surface area contributed by atoms with Gasteiger partial charge in [-0.05, 0) is 20.3 Å². The van der Waals surface area contributed by atoms with Crippen molar-refractivity contribution in [3.8, 4) is 0 Å². The molecule has 1 N–H and O–H groups in total. The molecule has 0 fully saturated rings. The van der Waals surface area contributed by atoms with E-state index >= 15 is 0 Å². The van der Waals surface area contributed by atoms with Crippen LogP contribution < -0.4 is 0 Å². The van der Waals surface area contributed by atoms with Gasteiger partial charge in [0.25, 0.3) is 0 Å². The lowest BCUT2D eigenvalue weighted by Gasteiger charge is -2.22. The van der Waals surface area contributed by atoms with Crippen molar-refractivity contribution in [2.75, 3.05) is 13.2 Å². The van der Waals surface area contributed by atoms with Gasteiger partial charge in [-0.1, -0.05) is 13.3 Å². The molecule has 0 aromatic heterocycles. The molecule has 0 aromatic carbocycles. The molecule has 104 valence electrons. The van der Waals surface area contributed by atoms with Crippen LogP contribution in [-0.4, -0.2) is 35.9 Å². The summed E-state index contributed by atoms with van der Waals surface area (Å²) in [5.41, 5.74) is -0.373. The molecule has 0 atom stereocenters. The minimum atomic E-state index is -1.20. The van der Waals surface area contributed by atoms with Crippen molar-refractivity contribution in [2.24, 2.45) is 0 Å². The molecule has 6 nitrogen and oxygen atoms in total. The van der Waals surface area contributed by atoms with Crippen molar-refractivity contribution in [1.82, 2.24) is 0 Å². The fourth-order valence-electron chi connectivity index (χ4n) is 1.21. The second-order valence-electron chi connectivity index (χ2n) is 4.25. The predicted molar refractivity (Wildman–Crippen MR) is 63.8 cm³/mol. The second kappa shape index (κ2) is 8.66. The number of hydrogen-bond acceptors (Lipinski definition) is 5. The highest BCUT2D eigenvalue weighted by Gasteiger charge is 2.18. The first-order chi connectivity index (χ1) is 8.37. The van der Waals surface area contributed by atoms with Crippen LogP contribution in [0.25, 0.3) is 0 Å². The fraction of sp³-hybridized carbons (Fsp3) is 0.667. The first kappa shape index (κ1) is 16.6. The molecule has 0 heterocycles. The van der Waals surface area contributed by atoms with Crippen molar-refractivity contribution in [2.45, 2.75) is 39.2 Å². The number of ether oxygens (including phenoxy) is 1. The molecular formula is C12H20O6. The molecule has 0 aromatic rings. The molecular weight excluding hydrogens is 240 g/mol. The summed E-state index contributed by atoms with van der Waals surface area (Å²) in [6, 6.07) is 0. The van der Waals surface area contributed by atoms with Gasteiger partial charge in [-0.3, -0.25) is 0 Å². The highest BCUT2D eigenvalue weighted by atomic mass is 17.2. The highest BCUT2D eigenvalue weighted by Crippen LogP contribution is 2.16. The standard InChI is InChI=1S/C12H20O6/c1-4-7-12(2,3)18-17-9-8-16-11(15)6-5-10(13)14/h5-6H,4,7-9H2,1-3H3,(H,13,14)/b6-5+. The first-order valence-electron chi connectivity index (χ1n) is 5.76. The molecule has 0 bridgehead atoms. The zero-order chi connectivity index (χ0) is 14.0. The van der Waals surface area contributed by atoms with Crippen LogP contribution >= 0.6 is 0 Å². The number of aliphatic carboxylic acids is 1. The van der Waals surface area contributed by atoms with Crippen molar-refractivity contribution < 1.29 is 29.2 Å². The van der Waals surface area contributed by atoms with E-state index < -0.39 is 11.9 Å². The maximum atomic E-state index is 10.9. The summed E-state index contributed by atoms with van der Waals surface area (Å²) in [6.45, 7) is 5.95. The van der Waals surface area contributed by atoms with Crippen molar-refractivity contribution in [3.05, 3.63) is 12.2 Å². The molecule has 6 heteroatoms. The number of hydrogen-bond donors (Lipinski definition) is 1. The largest absolute Gasteiger partial charge is 0.478 e. The van der Waals surface area contributed by atoms with Gasteiger partial charge in [0, 0.05) is 12.2 Å². The SMILES string of the molecule is CCCC(C)(C)OOCCOC(=O)/C=C/C(=O)O. The van der Waals surface area contributed by atoms with Gasteiger partial charge in [0.05, 0.1) is 5.60 Å². The first-order valence-corrected chi connectivity index (χ1v) is 5.76. The van der Waals surface area contributed by atoms with E-state index in [4.69, 9.17) is 14.9 Å². The minimum Gasteiger partial charge on any atom is -0.478 e. The quantitative estimate of drug-likeness (QED) is 0.223. The zero-order valence-electron chi connectivity index (χ0n) is 11.0. The highest BCUT2D eigenvalue weighted by molar-refractivity contribution is 5.90. The molecule has 0 amide bonds. The summed E-state index contributed by atoms with van der Waals surface area (Å²) in [4.78, 5) is 31.1. The fourth-order valence-corrected chi connectivity index (χ4v) is 1.21. The van der Waals surface area contributed by atoms with Crippen molar-refractivity contribution in [1.29, 1.82) is 0 Å². The monoisotopic (exact) mass is 260 g/mol. The maximum absolute atomic E-state index is 10.9. The van der Waals surface area contributed by atoms with Gasteiger partial charge in [0.2, 0.25) is 0 Å². The van der Waals surface area contributed by atoms with Gasteiger partial charge in [0.1, 0.15) is 13.2 Å². The van der Waals surface area contributed by atoms with Crippen molar-refractivity contribution in [3.63, 3.8) is 0 Å². The van der Waals surface area contributed by atoms with Crippen molar-refractivity contribution >= 4 is 11.9 Å². The minimum absolute atomic E-state index is 0.00496. The Kier molecular flexibility index (Phi) is 7.98. The Morgan fingerprint density at radius 1 is 1.22 bits per heavy atom. The van der Waals surface area contributed by atoms with E-state index in [0.29, 0.717) is 6.08 Å². The molecule has 0 rings (SSSR count). The smallest absolute Gasteiger partial charge is 0.331 e. The normalized spacial score (nSPS) is 11.7. The van der Waals surface area contributed by atoms with Gasteiger partial charge >= 0.3 is 11.9 Å². The van der Waals surface area contributed by atoms with Crippen LogP contribution in [0.5, 0.6) is 0 Å². The Bertz CT molecular complexity index is 295. The summed E-state index contributed by atoms with van der Waals surface area (Å²) in [6.07, 6.45) is 3.38. The number of rotatable bonds is 9. The Labute approximate surface area is 106 Å². The van der Waals surface area contributed by atoms with E-state index in [2.05, 4.69) is 4.74 Å². The van der Waals surface area contributed by atoms with Crippen LogP contribution in [0.3, 0.4) is 0 Å². The van der Waals surface area contributed by atoms with E-state index in [-0.39, 0.29) is 18.8 Å². The lowest BCUT2D eigenvalue weighted by Crippen LogP contribution is -2.25. The van der Waals surface area contributed by atoms with Crippen LogP contribution in [0.4, 0.5) is 0 Å². The van der Waals surface area contributed by atoms with Gasteiger partial charge in [-0.25, -0.2) is 19.4 Å². The Balaban J connectivity index is 3.62. The average molecular weight is 260 g/mol. The number of carbonyl (C=O) groups excluding carboxylic acids is 1. The summed E-state index contributed by atoms with van der Waals surface area (Å²) < 4.78 is 4.67. The molecule has 0 saturated heterocycles. The number of esters is 1. The van der Waals surface area contributed by atoms with Crippen LogP contribution in [0.1, 0.15) is 33.6 Å². The topological polar surface area (TPSA) is 82.1 Å². The van der Waals surface area contributed by atoms with Gasteiger partial charge in [-0.2, -0.15) is 0 Å². The molecule has 0 aliphatic carbocycles. The molecule has 0 radical (unpaired) electrons. The lowest BCUT2D eigenvalue weighted by molar-refractivity contribution is -0.356. The number of carboxylic acid groups (broad SMARTS) is 1. The number of carboxylic acids is 1. The van der Waals surface area contributed by atoms with E-state index in [1.807, 2.05) is 20.8 Å². The summed E-state index contributed by atoms with van der Waals surface area (Å²) in [7, 11) is 0. The third-order valence-electron chi connectivity index (χ3n) is 1.91. The summed E-state index contributed by atoms with van der Waals surface area (Å²) >= 11 is 0. The van der Waals surface area contributed by atoms with Crippen LogP contribution in [0.2, 0.25) is 0 Å². The maximum Gasteiger partial charge on any atom is 0.331 e. The Morgan fingerprint density at radius 3 is 2.44 bits per heavy atom. The summed E-state index contributed by atoms with van der Waals surface area (Å²) in [5.74, 6) is -1.93. The van der Waals surface area contributed by atoms with E-state index in [9.17, 15) is 9.59 Å². The van der Waals surface area contributed by atoms with E-state index in [1.165, 1.54) is 0 Å². The third-order valence-corrected chi connectivity index (χ3v) is 1.91. The van der Waals surface area contributed by atoms with Gasteiger partial charge in [0.15, 0.2) is 0 Å². The van der Waals surface area contributed by atoms with E-state index in [1.54, 1.807) is 0 Å². The lowest BCUT2D eigenvalue weighted by atomic mass is 10.0. The molecule has 0 aliphatic heterocycles. The third kappa shape index (κ3) is 9.80. The second-order valence-corrected chi connectivity index (χ2v) is 4.25.